The zero-order chi connectivity index (χ0) is 20.8. The van der Waals surface area contributed by atoms with Gasteiger partial charge in [0.1, 0.15) is 11.8 Å². The molecule has 0 saturated carbocycles. The molecule has 0 N–H and O–H groups in total. The van der Waals surface area contributed by atoms with Crippen molar-refractivity contribution in [3.8, 4) is 6.07 Å². The maximum Gasteiger partial charge on any atom is 0.121 e. The van der Waals surface area contributed by atoms with Crippen LogP contribution < -0.4 is 0 Å². The molecule has 1 fully saturated rings. The number of piperazine rings is 1. The van der Waals surface area contributed by atoms with Crippen LogP contribution in [-0.2, 0) is 24.0 Å². The van der Waals surface area contributed by atoms with Crippen molar-refractivity contribution in [2.75, 3.05) is 32.4 Å². The molecule has 154 valence electrons. The first-order valence-corrected chi connectivity index (χ1v) is 11.8. The molecular formula is C22H34N4OS. The molecule has 1 aliphatic heterocycles. The van der Waals surface area contributed by atoms with Gasteiger partial charge in [0, 0.05) is 55.9 Å². The molecule has 2 unspecified atom stereocenters. The molecule has 1 aliphatic rings. The molecule has 0 radical (unpaired) electrons. The number of benzene rings is 1. The van der Waals surface area contributed by atoms with Crippen molar-refractivity contribution in [1.82, 2.24) is 13.8 Å². The molecule has 3 rings (SSSR count). The molecule has 0 aliphatic carbocycles. The monoisotopic (exact) mass is 402 g/mol. The van der Waals surface area contributed by atoms with Crippen molar-refractivity contribution < 1.29 is 4.21 Å². The first kappa shape index (κ1) is 22.6. The van der Waals surface area contributed by atoms with E-state index in [4.69, 9.17) is 0 Å². The summed E-state index contributed by atoms with van der Waals surface area (Å²) in [6.45, 7) is 14.8. The quantitative estimate of drug-likeness (QED) is 0.766. The number of nitriles is 1. The van der Waals surface area contributed by atoms with E-state index < -0.39 is 11.0 Å². The lowest BCUT2D eigenvalue weighted by molar-refractivity contribution is 0.138. The van der Waals surface area contributed by atoms with Crippen LogP contribution in [0.1, 0.15) is 44.5 Å². The SMILES string of the molecule is CC.CCc1ccc2c(cc(C#N)n2CC(C)N2CCN(S(C)=O)CC2)c1C. The first-order valence-electron chi connectivity index (χ1n) is 10.3. The number of aryl methyl sites for hydroxylation is 2. The average Bonchev–Trinajstić information content (AvgIpc) is 3.08. The standard InChI is InChI=1S/C20H28N4OS.C2H6/c1-5-17-6-7-20-19(16(17)3)12-18(13-21)24(20)14-15(2)22-8-10-23(11-9-22)26(4)25;1-2/h6-7,12,15H,5,8-11,14H2,1-4H3;1-2H3. The van der Waals surface area contributed by atoms with Crippen molar-refractivity contribution in [3.63, 3.8) is 0 Å². The van der Waals surface area contributed by atoms with Crippen molar-refractivity contribution in [1.29, 1.82) is 5.26 Å². The van der Waals surface area contributed by atoms with Crippen LogP contribution in [0.4, 0.5) is 0 Å². The van der Waals surface area contributed by atoms with Crippen LogP contribution in [0, 0.1) is 18.3 Å². The largest absolute Gasteiger partial charge is 0.331 e. The van der Waals surface area contributed by atoms with E-state index in [1.165, 1.54) is 16.5 Å². The van der Waals surface area contributed by atoms with Crippen LogP contribution in [0.15, 0.2) is 18.2 Å². The molecule has 6 heteroatoms. The van der Waals surface area contributed by atoms with Gasteiger partial charge in [0.05, 0.1) is 11.0 Å². The first-order chi connectivity index (χ1) is 13.5. The lowest BCUT2D eigenvalue weighted by Gasteiger charge is -2.37. The Kier molecular flexibility index (Phi) is 8.23. The van der Waals surface area contributed by atoms with E-state index in [1.54, 1.807) is 6.26 Å². The van der Waals surface area contributed by atoms with Crippen molar-refractivity contribution >= 4 is 21.9 Å². The topological polar surface area (TPSA) is 52.3 Å². The Hall–Kier alpha value is -1.68. The molecule has 2 aromatic rings. The highest BCUT2D eigenvalue weighted by Gasteiger charge is 2.24. The van der Waals surface area contributed by atoms with E-state index in [1.807, 2.05) is 24.2 Å². The minimum absolute atomic E-state index is 0.330. The predicted octanol–water partition coefficient (Wildman–Crippen LogP) is 3.71. The van der Waals surface area contributed by atoms with Gasteiger partial charge in [-0.1, -0.05) is 26.8 Å². The zero-order valence-corrected chi connectivity index (χ0v) is 19.0. The minimum atomic E-state index is -0.883. The van der Waals surface area contributed by atoms with Crippen molar-refractivity contribution in [2.45, 2.75) is 53.6 Å². The number of aromatic nitrogens is 1. The fourth-order valence-corrected chi connectivity index (χ4v) is 4.65. The molecule has 1 aromatic carbocycles. The van der Waals surface area contributed by atoms with Gasteiger partial charge in [-0.25, -0.2) is 8.51 Å². The molecule has 0 amide bonds. The maximum absolute atomic E-state index is 11.6. The van der Waals surface area contributed by atoms with E-state index in [0.717, 1.165) is 50.4 Å². The summed E-state index contributed by atoms with van der Waals surface area (Å²) < 4.78 is 15.8. The molecule has 0 spiro atoms. The molecule has 1 aromatic heterocycles. The highest BCUT2D eigenvalue weighted by molar-refractivity contribution is 7.81. The zero-order valence-electron chi connectivity index (χ0n) is 18.2. The molecule has 2 atom stereocenters. The van der Waals surface area contributed by atoms with Gasteiger partial charge in [0.15, 0.2) is 0 Å². The van der Waals surface area contributed by atoms with Gasteiger partial charge < -0.3 is 4.57 Å². The number of hydrogen-bond donors (Lipinski definition) is 0. The van der Waals surface area contributed by atoms with Gasteiger partial charge in [-0.05, 0) is 43.5 Å². The lowest BCUT2D eigenvalue weighted by atomic mass is 10.0. The molecule has 28 heavy (non-hydrogen) atoms. The Morgan fingerprint density at radius 1 is 1.21 bits per heavy atom. The van der Waals surface area contributed by atoms with Crippen LogP contribution in [0.3, 0.4) is 0 Å². The molecule has 2 heterocycles. The summed E-state index contributed by atoms with van der Waals surface area (Å²) in [5, 5.41) is 10.8. The third-order valence-corrected chi connectivity index (χ3v) is 6.76. The van der Waals surface area contributed by atoms with Crippen molar-refractivity contribution in [3.05, 3.63) is 35.0 Å². The predicted molar refractivity (Wildman–Crippen MR) is 119 cm³/mol. The third-order valence-electron chi connectivity index (χ3n) is 5.67. The summed E-state index contributed by atoms with van der Waals surface area (Å²) in [7, 11) is -0.883. The molecular weight excluding hydrogens is 368 g/mol. The van der Waals surface area contributed by atoms with E-state index in [-0.39, 0.29) is 0 Å². The van der Waals surface area contributed by atoms with E-state index in [0.29, 0.717) is 6.04 Å². The smallest absolute Gasteiger partial charge is 0.121 e. The van der Waals surface area contributed by atoms with E-state index in [2.05, 4.69) is 48.4 Å². The fraction of sp³-hybridized carbons (Fsp3) is 0.591. The Labute approximate surface area is 172 Å². The van der Waals surface area contributed by atoms with Crippen LogP contribution in [-0.4, -0.2) is 56.5 Å². The second-order valence-corrected chi connectivity index (χ2v) is 8.49. The Balaban J connectivity index is 0.00000136. The second-order valence-electron chi connectivity index (χ2n) is 7.13. The van der Waals surface area contributed by atoms with Crippen LogP contribution >= 0.6 is 0 Å². The Morgan fingerprint density at radius 2 is 1.86 bits per heavy atom. The van der Waals surface area contributed by atoms with Crippen LogP contribution in [0.25, 0.3) is 10.9 Å². The highest BCUT2D eigenvalue weighted by Crippen LogP contribution is 2.27. The lowest BCUT2D eigenvalue weighted by Crippen LogP contribution is -2.50. The van der Waals surface area contributed by atoms with Crippen LogP contribution in [0.5, 0.6) is 0 Å². The average molecular weight is 403 g/mol. The van der Waals surface area contributed by atoms with Gasteiger partial charge >= 0.3 is 0 Å². The van der Waals surface area contributed by atoms with Crippen LogP contribution in [0.2, 0.25) is 0 Å². The maximum atomic E-state index is 11.6. The molecule has 5 nitrogen and oxygen atoms in total. The number of hydrogen-bond acceptors (Lipinski definition) is 3. The molecule has 0 bridgehead atoms. The number of nitrogens with zero attached hydrogens (tertiary/aromatic N) is 4. The van der Waals surface area contributed by atoms with Gasteiger partial charge in [-0.2, -0.15) is 5.26 Å². The minimum Gasteiger partial charge on any atom is -0.331 e. The summed E-state index contributed by atoms with van der Waals surface area (Å²) >= 11 is 0. The van der Waals surface area contributed by atoms with Crippen molar-refractivity contribution in [2.24, 2.45) is 0 Å². The normalized spacial score (nSPS) is 17.6. The summed E-state index contributed by atoms with van der Waals surface area (Å²) in [5.41, 5.74) is 4.51. The third kappa shape index (κ3) is 4.65. The van der Waals surface area contributed by atoms with E-state index in [9.17, 15) is 9.47 Å². The number of fused-ring (bicyclic) bond motifs is 1. The van der Waals surface area contributed by atoms with Gasteiger partial charge in [-0.15, -0.1) is 0 Å². The Morgan fingerprint density at radius 3 is 2.39 bits per heavy atom. The van der Waals surface area contributed by atoms with E-state index >= 15 is 0 Å². The number of rotatable bonds is 5. The van der Waals surface area contributed by atoms with Gasteiger partial charge in [0.2, 0.25) is 0 Å². The highest BCUT2D eigenvalue weighted by atomic mass is 32.2. The fourth-order valence-electron chi connectivity index (χ4n) is 3.97. The second kappa shape index (κ2) is 10.2. The summed E-state index contributed by atoms with van der Waals surface area (Å²) in [5.74, 6) is 0. The Bertz CT molecular complexity index is 860. The summed E-state index contributed by atoms with van der Waals surface area (Å²) in [6, 6.07) is 9.09. The summed E-state index contributed by atoms with van der Waals surface area (Å²) in [6.07, 6.45) is 2.76. The van der Waals surface area contributed by atoms with Gasteiger partial charge in [0.25, 0.3) is 0 Å². The molecule has 1 saturated heterocycles. The van der Waals surface area contributed by atoms with Gasteiger partial charge in [-0.3, -0.25) is 4.90 Å². The summed E-state index contributed by atoms with van der Waals surface area (Å²) in [4.78, 5) is 2.43.